The van der Waals surface area contributed by atoms with Gasteiger partial charge in [0.2, 0.25) is 0 Å². The van der Waals surface area contributed by atoms with Crippen molar-refractivity contribution in [1.29, 1.82) is 0 Å². The number of hydrogen-bond acceptors (Lipinski definition) is 3. The Morgan fingerprint density at radius 2 is 2.05 bits per heavy atom. The summed E-state index contributed by atoms with van der Waals surface area (Å²) in [7, 11) is 0. The second kappa shape index (κ2) is 7.26. The number of ether oxygens (including phenoxy) is 1. The van der Waals surface area contributed by atoms with E-state index < -0.39 is 5.97 Å². The Hall–Kier alpha value is -1.39. The fraction of sp³-hybridized carbons (Fsp3) is 0.533. The molecule has 0 bridgehead atoms. The molecule has 0 spiro atoms. The Balaban J connectivity index is 1.66. The fourth-order valence-electron chi connectivity index (χ4n) is 2.30. The molecule has 4 nitrogen and oxygen atoms in total. The van der Waals surface area contributed by atoms with Crippen LogP contribution in [0.4, 0.5) is 0 Å². The highest BCUT2D eigenvalue weighted by Crippen LogP contribution is 2.15. The van der Waals surface area contributed by atoms with E-state index in [1.54, 1.807) is 0 Å². The Labute approximate surface area is 113 Å². The molecule has 104 valence electrons. The summed E-state index contributed by atoms with van der Waals surface area (Å²) in [5.74, 6) is -0.0740. The van der Waals surface area contributed by atoms with Crippen LogP contribution in [0.15, 0.2) is 24.3 Å². The van der Waals surface area contributed by atoms with Gasteiger partial charge in [-0.1, -0.05) is 24.3 Å². The molecule has 1 heterocycles. The molecular weight excluding hydrogens is 242 g/mol. The Bertz CT molecular complexity index is 396. The number of rotatable bonds is 7. The Morgan fingerprint density at radius 3 is 2.68 bits per heavy atom. The number of carbonyl (C=O) groups is 1. The highest BCUT2D eigenvalue weighted by molar-refractivity contribution is 5.70. The zero-order valence-corrected chi connectivity index (χ0v) is 11.1. The van der Waals surface area contributed by atoms with Crippen LogP contribution in [0.25, 0.3) is 0 Å². The highest BCUT2D eigenvalue weighted by atomic mass is 16.5. The van der Waals surface area contributed by atoms with Crippen molar-refractivity contribution in [3.8, 4) is 0 Å². The van der Waals surface area contributed by atoms with E-state index in [1.165, 1.54) is 12.0 Å². The molecule has 2 N–H and O–H groups in total. The van der Waals surface area contributed by atoms with Crippen molar-refractivity contribution < 1.29 is 14.6 Å². The molecule has 1 fully saturated rings. The number of nitrogens with one attached hydrogen (secondary N) is 1. The van der Waals surface area contributed by atoms with Crippen molar-refractivity contribution in [2.75, 3.05) is 19.8 Å². The van der Waals surface area contributed by atoms with Crippen LogP contribution >= 0.6 is 0 Å². The summed E-state index contributed by atoms with van der Waals surface area (Å²) >= 11 is 0. The Morgan fingerprint density at radius 1 is 1.32 bits per heavy atom. The lowest BCUT2D eigenvalue weighted by Gasteiger charge is -2.09. The topological polar surface area (TPSA) is 58.6 Å². The van der Waals surface area contributed by atoms with E-state index in [-0.39, 0.29) is 6.42 Å². The summed E-state index contributed by atoms with van der Waals surface area (Å²) in [4.78, 5) is 10.6. The van der Waals surface area contributed by atoms with E-state index in [0.717, 1.165) is 38.3 Å². The van der Waals surface area contributed by atoms with Crippen LogP contribution in [0.5, 0.6) is 0 Å². The predicted octanol–water partition coefficient (Wildman–Crippen LogP) is 1.83. The quantitative estimate of drug-likeness (QED) is 0.737. The first-order valence-corrected chi connectivity index (χ1v) is 6.82. The molecular formula is C15H21NO3. The maximum atomic E-state index is 10.6. The third-order valence-electron chi connectivity index (χ3n) is 3.46. The van der Waals surface area contributed by atoms with Gasteiger partial charge in [-0.25, -0.2) is 0 Å². The van der Waals surface area contributed by atoms with E-state index in [9.17, 15) is 4.79 Å². The average molecular weight is 263 g/mol. The number of benzene rings is 1. The SMILES string of the molecule is O=C(O)Cc1ccc(CNCCC2CCOC2)cc1. The average Bonchev–Trinajstić information content (AvgIpc) is 2.89. The first-order chi connectivity index (χ1) is 9.24. The van der Waals surface area contributed by atoms with E-state index in [2.05, 4.69) is 5.32 Å². The maximum absolute atomic E-state index is 10.6. The number of carboxylic acid groups (broad SMARTS) is 1. The predicted molar refractivity (Wildman–Crippen MR) is 73.0 cm³/mol. The van der Waals surface area contributed by atoms with E-state index in [0.29, 0.717) is 5.92 Å². The molecule has 0 amide bonds. The smallest absolute Gasteiger partial charge is 0.307 e. The van der Waals surface area contributed by atoms with Crippen molar-refractivity contribution in [3.05, 3.63) is 35.4 Å². The molecule has 1 atom stereocenters. The van der Waals surface area contributed by atoms with Gasteiger partial charge in [0.1, 0.15) is 0 Å². The summed E-state index contributed by atoms with van der Waals surface area (Å²) in [6, 6.07) is 7.75. The van der Waals surface area contributed by atoms with Gasteiger partial charge in [-0.3, -0.25) is 4.79 Å². The molecule has 2 rings (SSSR count). The van der Waals surface area contributed by atoms with Crippen LogP contribution in [-0.2, 0) is 22.5 Å². The van der Waals surface area contributed by atoms with Crippen LogP contribution in [0.2, 0.25) is 0 Å². The molecule has 0 aliphatic carbocycles. The van der Waals surface area contributed by atoms with Gasteiger partial charge in [0, 0.05) is 19.8 Å². The molecule has 1 unspecified atom stereocenters. The summed E-state index contributed by atoms with van der Waals surface area (Å²) in [6.45, 7) is 3.66. The third-order valence-corrected chi connectivity index (χ3v) is 3.46. The lowest BCUT2D eigenvalue weighted by molar-refractivity contribution is -0.136. The van der Waals surface area contributed by atoms with Crippen LogP contribution in [0.3, 0.4) is 0 Å². The van der Waals surface area contributed by atoms with Crippen LogP contribution in [0.1, 0.15) is 24.0 Å². The fourth-order valence-corrected chi connectivity index (χ4v) is 2.30. The van der Waals surface area contributed by atoms with Gasteiger partial charge in [-0.05, 0) is 36.4 Å². The standard InChI is InChI=1S/C15H21NO3/c17-15(18)9-12-1-3-13(4-2-12)10-16-7-5-14-6-8-19-11-14/h1-4,14,16H,5-11H2,(H,17,18). The summed E-state index contributed by atoms with van der Waals surface area (Å²) in [6.07, 6.45) is 2.44. The molecule has 0 radical (unpaired) electrons. The first-order valence-electron chi connectivity index (χ1n) is 6.82. The Kier molecular flexibility index (Phi) is 5.36. The van der Waals surface area contributed by atoms with Crippen molar-refractivity contribution in [2.45, 2.75) is 25.8 Å². The minimum Gasteiger partial charge on any atom is -0.481 e. The molecule has 1 aromatic carbocycles. The van der Waals surface area contributed by atoms with Gasteiger partial charge in [0.05, 0.1) is 6.42 Å². The second-order valence-corrected chi connectivity index (χ2v) is 5.08. The van der Waals surface area contributed by atoms with E-state index in [4.69, 9.17) is 9.84 Å². The van der Waals surface area contributed by atoms with Crippen molar-refractivity contribution in [2.24, 2.45) is 5.92 Å². The van der Waals surface area contributed by atoms with Crippen LogP contribution in [0, 0.1) is 5.92 Å². The van der Waals surface area contributed by atoms with Gasteiger partial charge in [0.25, 0.3) is 0 Å². The van der Waals surface area contributed by atoms with Gasteiger partial charge in [0.15, 0.2) is 0 Å². The lowest BCUT2D eigenvalue weighted by atomic mass is 10.1. The molecule has 1 aromatic rings. The molecule has 19 heavy (non-hydrogen) atoms. The second-order valence-electron chi connectivity index (χ2n) is 5.08. The third kappa shape index (κ3) is 5.01. The zero-order valence-electron chi connectivity index (χ0n) is 11.1. The number of carboxylic acids is 1. The molecule has 1 aliphatic heterocycles. The first kappa shape index (κ1) is 14.0. The minimum absolute atomic E-state index is 0.0926. The monoisotopic (exact) mass is 263 g/mol. The number of hydrogen-bond donors (Lipinski definition) is 2. The van der Waals surface area contributed by atoms with E-state index in [1.807, 2.05) is 24.3 Å². The van der Waals surface area contributed by atoms with Gasteiger partial charge in [-0.15, -0.1) is 0 Å². The highest BCUT2D eigenvalue weighted by Gasteiger charge is 2.14. The van der Waals surface area contributed by atoms with Crippen molar-refractivity contribution in [3.63, 3.8) is 0 Å². The van der Waals surface area contributed by atoms with Crippen molar-refractivity contribution >= 4 is 5.97 Å². The molecule has 4 heteroatoms. The van der Waals surface area contributed by atoms with E-state index >= 15 is 0 Å². The lowest BCUT2D eigenvalue weighted by Crippen LogP contribution is -2.18. The van der Waals surface area contributed by atoms with Crippen LogP contribution in [-0.4, -0.2) is 30.8 Å². The molecule has 1 saturated heterocycles. The van der Waals surface area contributed by atoms with Gasteiger partial charge >= 0.3 is 5.97 Å². The van der Waals surface area contributed by atoms with Gasteiger partial charge < -0.3 is 15.2 Å². The summed E-state index contributed by atoms with van der Waals surface area (Å²) in [5.41, 5.74) is 2.04. The maximum Gasteiger partial charge on any atom is 0.307 e. The van der Waals surface area contributed by atoms with Gasteiger partial charge in [-0.2, -0.15) is 0 Å². The number of aliphatic carboxylic acids is 1. The summed E-state index contributed by atoms with van der Waals surface area (Å²) in [5, 5.41) is 12.1. The normalized spacial score (nSPS) is 18.6. The van der Waals surface area contributed by atoms with Crippen molar-refractivity contribution in [1.82, 2.24) is 5.32 Å². The minimum atomic E-state index is -0.787. The zero-order chi connectivity index (χ0) is 13.5. The molecule has 0 saturated carbocycles. The molecule has 0 aromatic heterocycles. The summed E-state index contributed by atoms with van der Waals surface area (Å²) < 4.78 is 5.34. The largest absolute Gasteiger partial charge is 0.481 e. The molecule has 1 aliphatic rings. The van der Waals surface area contributed by atoms with Crippen LogP contribution < -0.4 is 5.32 Å².